The smallest absolute Gasteiger partial charge is 0.240 e. The molecule has 2 aliphatic heterocycles. The molecule has 0 saturated carbocycles. The van der Waals surface area contributed by atoms with Gasteiger partial charge in [0.25, 0.3) is 0 Å². The molecule has 24 heavy (non-hydrogen) atoms. The van der Waals surface area contributed by atoms with Gasteiger partial charge in [-0.05, 0) is 37.7 Å². The summed E-state index contributed by atoms with van der Waals surface area (Å²) in [7, 11) is 0. The molecule has 2 aliphatic rings. The number of nitrogens with one attached hydrogen (secondary N) is 1. The lowest BCUT2D eigenvalue weighted by atomic mass is 9.89. The van der Waals surface area contributed by atoms with E-state index in [-0.39, 0.29) is 11.9 Å². The minimum absolute atomic E-state index is 0.00790. The number of amides is 1. The standard InChI is InChI=1S/C19H29N3O2/c20-19(9-14-24-15-10-19)18(23)21-17-7-12-22(13-8-17)11-6-16-4-2-1-3-5-16/h1-5,17H,6-15,20H2,(H,21,23). The van der Waals surface area contributed by atoms with Gasteiger partial charge in [0.05, 0.1) is 5.54 Å². The van der Waals surface area contributed by atoms with E-state index in [2.05, 4.69) is 40.5 Å². The Bertz CT molecular complexity index is 521. The predicted molar refractivity (Wildman–Crippen MR) is 94.7 cm³/mol. The lowest BCUT2D eigenvalue weighted by Gasteiger charge is -2.36. The van der Waals surface area contributed by atoms with Crippen molar-refractivity contribution in [2.75, 3.05) is 32.8 Å². The second-order valence-corrected chi connectivity index (χ2v) is 7.09. The summed E-state index contributed by atoms with van der Waals surface area (Å²) in [5, 5.41) is 3.18. The first kappa shape index (κ1) is 17.4. The fourth-order valence-corrected chi connectivity index (χ4v) is 3.52. The van der Waals surface area contributed by atoms with Crippen LogP contribution in [0.4, 0.5) is 0 Å². The van der Waals surface area contributed by atoms with Crippen LogP contribution in [0.2, 0.25) is 0 Å². The van der Waals surface area contributed by atoms with Crippen molar-refractivity contribution in [3.63, 3.8) is 0 Å². The number of nitrogens with two attached hydrogens (primary N) is 1. The van der Waals surface area contributed by atoms with Gasteiger partial charge < -0.3 is 20.7 Å². The number of nitrogens with zero attached hydrogens (tertiary/aromatic N) is 1. The molecule has 2 saturated heterocycles. The minimum Gasteiger partial charge on any atom is -0.381 e. The molecule has 2 fully saturated rings. The van der Waals surface area contributed by atoms with E-state index in [9.17, 15) is 4.79 Å². The second-order valence-electron chi connectivity index (χ2n) is 7.09. The third-order valence-corrected chi connectivity index (χ3v) is 5.32. The van der Waals surface area contributed by atoms with Gasteiger partial charge in [0.15, 0.2) is 0 Å². The monoisotopic (exact) mass is 331 g/mol. The quantitative estimate of drug-likeness (QED) is 0.854. The molecule has 1 aromatic carbocycles. The maximum Gasteiger partial charge on any atom is 0.240 e. The fourth-order valence-electron chi connectivity index (χ4n) is 3.52. The van der Waals surface area contributed by atoms with Gasteiger partial charge in [-0.15, -0.1) is 0 Å². The Balaban J connectivity index is 1.39. The van der Waals surface area contributed by atoms with Crippen molar-refractivity contribution in [2.45, 2.75) is 43.7 Å². The highest BCUT2D eigenvalue weighted by Gasteiger charge is 2.37. The van der Waals surface area contributed by atoms with Crippen LogP contribution in [0.25, 0.3) is 0 Å². The Morgan fingerprint density at radius 2 is 1.88 bits per heavy atom. The summed E-state index contributed by atoms with van der Waals surface area (Å²) < 4.78 is 5.32. The van der Waals surface area contributed by atoms with E-state index < -0.39 is 5.54 Å². The zero-order valence-electron chi connectivity index (χ0n) is 14.4. The summed E-state index contributed by atoms with van der Waals surface area (Å²) in [6.07, 6.45) is 4.34. The normalized spacial score (nSPS) is 22.2. The van der Waals surface area contributed by atoms with Gasteiger partial charge in [0.1, 0.15) is 0 Å². The molecule has 1 aromatic rings. The third kappa shape index (κ3) is 4.56. The first-order valence-corrected chi connectivity index (χ1v) is 9.10. The number of hydrogen-bond acceptors (Lipinski definition) is 4. The molecule has 0 unspecified atom stereocenters. The van der Waals surface area contributed by atoms with Gasteiger partial charge in [0, 0.05) is 38.9 Å². The zero-order valence-corrected chi connectivity index (χ0v) is 14.4. The Morgan fingerprint density at radius 1 is 1.21 bits per heavy atom. The van der Waals surface area contributed by atoms with E-state index in [1.54, 1.807) is 0 Å². The highest BCUT2D eigenvalue weighted by Crippen LogP contribution is 2.19. The highest BCUT2D eigenvalue weighted by atomic mass is 16.5. The van der Waals surface area contributed by atoms with E-state index in [0.29, 0.717) is 26.1 Å². The topological polar surface area (TPSA) is 67.6 Å². The Morgan fingerprint density at radius 3 is 2.54 bits per heavy atom. The van der Waals surface area contributed by atoms with E-state index in [1.807, 2.05) is 0 Å². The Labute approximate surface area is 144 Å². The molecule has 0 aromatic heterocycles. The molecule has 2 heterocycles. The van der Waals surface area contributed by atoms with Gasteiger partial charge in [-0.25, -0.2) is 0 Å². The van der Waals surface area contributed by atoms with Crippen molar-refractivity contribution in [1.82, 2.24) is 10.2 Å². The lowest BCUT2D eigenvalue weighted by Crippen LogP contribution is -2.59. The molecule has 5 heteroatoms. The van der Waals surface area contributed by atoms with Crippen LogP contribution in [0.5, 0.6) is 0 Å². The Hall–Kier alpha value is -1.43. The van der Waals surface area contributed by atoms with Gasteiger partial charge in [0.2, 0.25) is 5.91 Å². The summed E-state index contributed by atoms with van der Waals surface area (Å²) in [5.41, 5.74) is 6.91. The van der Waals surface area contributed by atoms with Gasteiger partial charge in [-0.2, -0.15) is 0 Å². The molecular weight excluding hydrogens is 302 g/mol. The van der Waals surface area contributed by atoms with Crippen LogP contribution in [0.3, 0.4) is 0 Å². The highest BCUT2D eigenvalue weighted by molar-refractivity contribution is 5.86. The predicted octanol–water partition coefficient (Wildman–Crippen LogP) is 1.32. The molecule has 3 N–H and O–H groups in total. The van der Waals surface area contributed by atoms with E-state index >= 15 is 0 Å². The SMILES string of the molecule is NC1(C(=O)NC2CCN(CCc3ccccc3)CC2)CCOCC1. The van der Waals surface area contributed by atoms with Gasteiger partial charge in [-0.3, -0.25) is 4.79 Å². The molecular formula is C19H29N3O2. The number of carbonyl (C=O) groups is 1. The summed E-state index contributed by atoms with van der Waals surface area (Å²) in [6.45, 7) is 4.34. The molecule has 0 radical (unpaired) electrons. The molecule has 0 atom stereocenters. The molecule has 1 amide bonds. The van der Waals surface area contributed by atoms with Crippen molar-refractivity contribution >= 4 is 5.91 Å². The number of piperidine rings is 1. The van der Waals surface area contributed by atoms with Crippen LogP contribution in [-0.2, 0) is 16.0 Å². The minimum atomic E-state index is -0.733. The summed E-state index contributed by atoms with van der Waals surface area (Å²) in [4.78, 5) is 15.0. The number of rotatable bonds is 5. The first-order chi connectivity index (χ1) is 11.7. The van der Waals surface area contributed by atoms with Gasteiger partial charge >= 0.3 is 0 Å². The maximum absolute atomic E-state index is 12.5. The lowest BCUT2D eigenvalue weighted by molar-refractivity contribution is -0.130. The van der Waals surface area contributed by atoms with Crippen molar-refractivity contribution in [2.24, 2.45) is 5.73 Å². The van der Waals surface area contributed by atoms with Crippen molar-refractivity contribution in [3.8, 4) is 0 Å². The number of ether oxygens (including phenoxy) is 1. The van der Waals surface area contributed by atoms with Crippen LogP contribution in [-0.4, -0.2) is 55.2 Å². The molecule has 0 spiro atoms. The molecule has 5 nitrogen and oxygen atoms in total. The summed E-state index contributed by atoms with van der Waals surface area (Å²) >= 11 is 0. The maximum atomic E-state index is 12.5. The molecule has 132 valence electrons. The number of hydrogen-bond donors (Lipinski definition) is 2. The van der Waals surface area contributed by atoms with Crippen LogP contribution in [0.15, 0.2) is 30.3 Å². The fraction of sp³-hybridized carbons (Fsp3) is 0.632. The largest absolute Gasteiger partial charge is 0.381 e. The third-order valence-electron chi connectivity index (χ3n) is 5.32. The number of carbonyl (C=O) groups excluding carboxylic acids is 1. The molecule has 0 bridgehead atoms. The van der Waals surface area contributed by atoms with E-state index in [0.717, 1.165) is 38.9 Å². The van der Waals surface area contributed by atoms with Crippen molar-refractivity contribution in [1.29, 1.82) is 0 Å². The van der Waals surface area contributed by atoms with Crippen LogP contribution in [0, 0.1) is 0 Å². The van der Waals surface area contributed by atoms with E-state index in [1.165, 1.54) is 5.56 Å². The number of benzene rings is 1. The first-order valence-electron chi connectivity index (χ1n) is 9.10. The van der Waals surface area contributed by atoms with E-state index in [4.69, 9.17) is 10.5 Å². The van der Waals surface area contributed by atoms with Crippen molar-refractivity contribution < 1.29 is 9.53 Å². The van der Waals surface area contributed by atoms with Gasteiger partial charge in [-0.1, -0.05) is 30.3 Å². The second kappa shape index (κ2) is 8.10. The zero-order chi connectivity index (χ0) is 16.8. The van der Waals surface area contributed by atoms with Crippen LogP contribution in [0.1, 0.15) is 31.2 Å². The Kier molecular flexibility index (Phi) is 5.87. The molecule has 3 rings (SSSR count). The van der Waals surface area contributed by atoms with Crippen LogP contribution < -0.4 is 11.1 Å². The summed E-state index contributed by atoms with van der Waals surface area (Å²) in [5.74, 6) is 0.00790. The average molecular weight is 331 g/mol. The molecule has 0 aliphatic carbocycles. The van der Waals surface area contributed by atoms with Crippen molar-refractivity contribution in [3.05, 3.63) is 35.9 Å². The number of likely N-dealkylation sites (tertiary alicyclic amines) is 1. The summed E-state index contributed by atoms with van der Waals surface area (Å²) in [6, 6.07) is 10.9. The average Bonchev–Trinajstić information content (AvgIpc) is 2.62. The van der Waals surface area contributed by atoms with Crippen LogP contribution >= 0.6 is 0 Å².